The van der Waals surface area contributed by atoms with Crippen molar-refractivity contribution in [1.82, 2.24) is 5.32 Å². The summed E-state index contributed by atoms with van der Waals surface area (Å²) in [6.07, 6.45) is 2.06. The quantitative estimate of drug-likeness (QED) is 0.108. The maximum atomic E-state index is 13.6. The first-order valence-corrected chi connectivity index (χ1v) is 15.2. The van der Waals surface area contributed by atoms with E-state index in [1.165, 1.54) is 32.1 Å². The Morgan fingerprint density at radius 2 is 1.54 bits per heavy atom. The van der Waals surface area contributed by atoms with E-state index in [1.807, 2.05) is 13.0 Å². The second kappa shape index (κ2) is 16.0. The van der Waals surface area contributed by atoms with Gasteiger partial charge >= 0.3 is 0 Å². The van der Waals surface area contributed by atoms with Gasteiger partial charge in [0.05, 0.1) is 19.5 Å². The number of hydrogen-bond donors (Lipinski definition) is 4. The number of anilines is 2. The molecule has 10 nitrogen and oxygen atoms in total. The van der Waals surface area contributed by atoms with Crippen molar-refractivity contribution in [2.75, 3.05) is 24.9 Å². The van der Waals surface area contributed by atoms with Crippen molar-refractivity contribution in [3.8, 4) is 11.5 Å². The number of ether oxygens (including phenoxy) is 2. The minimum absolute atomic E-state index is 0.0106. The van der Waals surface area contributed by atoms with Gasteiger partial charge in [0.15, 0.2) is 0 Å². The summed E-state index contributed by atoms with van der Waals surface area (Å²) < 4.78 is 10.8. The highest BCUT2D eigenvalue weighted by atomic mass is 32.2. The Morgan fingerprint density at radius 1 is 0.804 bits per heavy atom. The van der Waals surface area contributed by atoms with Crippen LogP contribution in [-0.4, -0.2) is 43.1 Å². The number of nitrogens with two attached hydrogens (primary N) is 1. The number of thioether (sulfide) groups is 1. The molecule has 46 heavy (non-hydrogen) atoms. The molecule has 1 unspecified atom stereocenters. The molecule has 4 aromatic rings. The van der Waals surface area contributed by atoms with Crippen LogP contribution in [-0.2, 0) is 9.59 Å². The summed E-state index contributed by atoms with van der Waals surface area (Å²) in [5, 5.41) is 8.01. The van der Waals surface area contributed by atoms with E-state index in [0.29, 0.717) is 46.0 Å². The van der Waals surface area contributed by atoms with Crippen LogP contribution >= 0.6 is 11.8 Å². The summed E-state index contributed by atoms with van der Waals surface area (Å²) in [7, 11) is 3.04. The summed E-state index contributed by atoms with van der Waals surface area (Å²) in [6.45, 7) is 1.90. The maximum absolute atomic E-state index is 13.6. The van der Waals surface area contributed by atoms with Crippen LogP contribution in [0.5, 0.6) is 11.5 Å². The van der Waals surface area contributed by atoms with Gasteiger partial charge in [0.25, 0.3) is 11.8 Å². The highest BCUT2D eigenvalue weighted by molar-refractivity contribution is 8.00. The average molecular weight is 639 g/mol. The number of carbonyl (C=O) groups excluding carboxylic acids is 4. The van der Waals surface area contributed by atoms with Crippen molar-refractivity contribution in [3.05, 3.63) is 119 Å². The van der Waals surface area contributed by atoms with E-state index in [4.69, 9.17) is 15.2 Å². The van der Waals surface area contributed by atoms with E-state index in [2.05, 4.69) is 16.0 Å². The van der Waals surface area contributed by atoms with Crippen LogP contribution in [0.4, 0.5) is 11.4 Å². The molecule has 1 atom stereocenters. The zero-order valence-corrected chi connectivity index (χ0v) is 26.4. The van der Waals surface area contributed by atoms with Crippen LogP contribution in [0.25, 0.3) is 6.08 Å². The van der Waals surface area contributed by atoms with Gasteiger partial charge in [0.1, 0.15) is 17.2 Å². The fourth-order valence-electron chi connectivity index (χ4n) is 4.31. The number of nitrogens with one attached hydrogen (secondary N) is 3. The minimum Gasteiger partial charge on any atom is -0.497 e. The van der Waals surface area contributed by atoms with Crippen molar-refractivity contribution in [2.24, 2.45) is 5.73 Å². The first-order valence-electron chi connectivity index (χ1n) is 14.3. The van der Waals surface area contributed by atoms with Gasteiger partial charge in [-0.05, 0) is 79.2 Å². The topological polar surface area (TPSA) is 149 Å². The third kappa shape index (κ3) is 8.99. The van der Waals surface area contributed by atoms with Crippen molar-refractivity contribution >= 4 is 52.8 Å². The molecule has 0 spiro atoms. The third-order valence-corrected chi connectivity index (χ3v) is 8.10. The molecule has 0 saturated carbocycles. The van der Waals surface area contributed by atoms with Crippen molar-refractivity contribution in [3.63, 3.8) is 0 Å². The Hall–Kier alpha value is -5.55. The van der Waals surface area contributed by atoms with E-state index in [-0.39, 0.29) is 11.6 Å². The van der Waals surface area contributed by atoms with Crippen LogP contribution < -0.4 is 31.2 Å². The Labute approximate surface area is 271 Å². The van der Waals surface area contributed by atoms with E-state index in [1.54, 1.807) is 91.0 Å². The predicted octanol–water partition coefficient (Wildman–Crippen LogP) is 5.72. The fraction of sp³-hybridized carbons (Fsp3) is 0.143. The molecule has 0 fully saturated rings. The molecular weight excluding hydrogens is 604 g/mol. The van der Waals surface area contributed by atoms with Crippen molar-refractivity contribution in [2.45, 2.75) is 23.5 Å². The third-order valence-electron chi connectivity index (χ3n) is 6.74. The fourth-order valence-corrected chi connectivity index (χ4v) is 5.32. The van der Waals surface area contributed by atoms with Gasteiger partial charge in [-0.2, -0.15) is 0 Å². The zero-order valence-electron chi connectivity index (χ0n) is 25.5. The number of hydrogen-bond acceptors (Lipinski definition) is 7. The molecule has 5 N–H and O–H groups in total. The molecule has 4 aromatic carbocycles. The highest BCUT2D eigenvalue weighted by Crippen LogP contribution is 2.30. The summed E-state index contributed by atoms with van der Waals surface area (Å²) in [5.74, 6) is -0.759. The molecule has 0 aliphatic carbocycles. The van der Waals surface area contributed by atoms with Crippen molar-refractivity contribution in [1.29, 1.82) is 0 Å². The summed E-state index contributed by atoms with van der Waals surface area (Å²) in [6, 6.07) is 27.1. The Kier molecular flexibility index (Phi) is 11.6. The number of benzene rings is 4. The number of primary amides is 1. The lowest BCUT2D eigenvalue weighted by atomic mass is 10.1. The molecule has 0 aliphatic rings. The Balaban J connectivity index is 1.53. The molecule has 0 saturated heterocycles. The molecule has 0 radical (unpaired) electrons. The zero-order chi connectivity index (χ0) is 33.1. The molecule has 4 amide bonds. The predicted molar refractivity (Wildman–Crippen MR) is 180 cm³/mol. The van der Waals surface area contributed by atoms with Crippen LogP contribution in [0.3, 0.4) is 0 Å². The maximum Gasteiger partial charge on any atom is 0.272 e. The number of amides is 4. The molecule has 0 bridgehead atoms. The van der Waals surface area contributed by atoms with E-state index in [0.717, 1.165) is 4.90 Å². The minimum atomic E-state index is -0.562. The molecule has 11 heteroatoms. The van der Waals surface area contributed by atoms with Gasteiger partial charge in [-0.15, -0.1) is 11.8 Å². The van der Waals surface area contributed by atoms with E-state index >= 15 is 0 Å². The van der Waals surface area contributed by atoms with Gasteiger partial charge < -0.3 is 31.2 Å². The normalized spacial score (nSPS) is 11.6. The lowest BCUT2D eigenvalue weighted by Crippen LogP contribution is -2.30. The Morgan fingerprint density at radius 3 is 2.20 bits per heavy atom. The van der Waals surface area contributed by atoms with Crippen LogP contribution in [0.2, 0.25) is 0 Å². The molecule has 4 rings (SSSR count). The second-order valence-corrected chi connectivity index (χ2v) is 11.2. The van der Waals surface area contributed by atoms with Crippen LogP contribution in [0.1, 0.15) is 39.6 Å². The first-order chi connectivity index (χ1) is 22.2. The molecule has 236 valence electrons. The lowest BCUT2D eigenvalue weighted by Gasteiger charge is -2.16. The monoisotopic (exact) mass is 638 g/mol. The lowest BCUT2D eigenvalue weighted by molar-refractivity contribution is -0.116. The molecule has 0 aromatic heterocycles. The van der Waals surface area contributed by atoms with Gasteiger partial charge in [0.2, 0.25) is 11.8 Å². The van der Waals surface area contributed by atoms with Gasteiger partial charge in [-0.25, -0.2) is 0 Å². The van der Waals surface area contributed by atoms with Crippen LogP contribution in [0, 0.1) is 0 Å². The molecule has 0 aliphatic heterocycles. The largest absolute Gasteiger partial charge is 0.497 e. The highest BCUT2D eigenvalue weighted by Gasteiger charge is 2.20. The second-order valence-electron chi connectivity index (χ2n) is 9.91. The van der Waals surface area contributed by atoms with Gasteiger partial charge in [-0.1, -0.05) is 31.2 Å². The Bertz CT molecular complexity index is 1740. The number of rotatable bonds is 13. The summed E-state index contributed by atoms with van der Waals surface area (Å²) >= 11 is 1.34. The first kappa shape index (κ1) is 33.3. The number of carbonyl (C=O) groups is 4. The molecular formula is C35H34N4O6S. The van der Waals surface area contributed by atoms with E-state index < -0.39 is 23.0 Å². The smallest absolute Gasteiger partial charge is 0.272 e. The number of methoxy groups -OCH3 is 2. The van der Waals surface area contributed by atoms with Crippen LogP contribution in [0.15, 0.2) is 108 Å². The van der Waals surface area contributed by atoms with Gasteiger partial charge in [0, 0.05) is 39.0 Å². The SMILES string of the molecule is CCC(Sc1cccc(NC(=O)/C(=C\c2ccc(OC)cc2OC)NC(=O)c2ccccc2)c1)C(=O)Nc1ccc(C(N)=O)cc1. The summed E-state index contributed by atoms with van der Waals surface area (Å²) in [4.78, 5) is 51.8. The van der Waals surface area contributed by atoms with E-state index in [9.17, 15) is 19.2 Å². The standard InChI is InChI=1S/C35H34N4O6S/c1-4-31(35(43)37-25-16-13-22(14-17-25)32(36)40)46-28-12-8-11-26(20-28)38-34(42)29(39-33(41)23-9-6-5-7-10-23)19-24-15-18-27(44-2)21-30(24)45-3/h5-21,31H,4H2,1-3H3,(H2,36,40)(H,37,43)(H,38,42)(H,39,41)/b29-19+. The summed E-state index contributed by atoms with van der Waals surface area (Å²) in [5.41, 5.74) is 7.57. The molecule has 0 heterocycles. The average Bonchev–Trinajstić information content (AvgIpc) is 3.07. The van der Waals surface area contributed by atoms with Crippen molar-refractivity contribution < 1.29 is 28.7 Å². The van der Waals surface area contributed by atoms with Gasteiger partial charge in [-0.3, -0.25) is 19.2 Å².